The maximum Gasteiger partial charge on any atom is 0.434 e. The van der Waals surface area contributed by atoms with Gasteiger partial charge in [0, 0.05) is 6.54 Å². The average molecular weight is 244 g/mol. The monoisotopic (exact) mass is 244 g/mol. The van der Waals surface area contributed by atoms with Crippen LogP contribution in [0.25, 0.3) is 0 Å². The summed E-state index contributed by atoms with van der Waals surface area (Å²) in [6.45, 7) is -1.30. The van der Waals surface area contributed by atoms with Crippen LogP contribution in [-0.2, 0) is 19.3 Å². The fraction of sp³-hybridized carbons (Fsp3) is 0.714. The van der Waals surface area contributed by atoms with Gasteiger partial charge in [0.2, 0.25) is 0 Å². The van der Waals surface area contributed by atoms with Crippen molar-refractivity contribution in [1.82, 2.24) is 20.3 Å². The molecule has 0 aliphatic rings. The summed E-state index contributed by atoms with van der Waals surface area (Å²) in [5, 5.41) is 8.75. The highest BCUT2D eigenvalue weighted by molar-refractivity contribution is 5.13. The Morgan fingerprint density at radius 3 is 2.44 bits per heavy atom. The standard InChI is InChI=1S/C7H9F5N4/c1-13-2-4-6(7(10,11)12)16(15-14-4)3-5(8)9/h5,13H,2-3H2,1H3. The molecule has 0 aliphatic heterocycles. The van der Waals surface area contributed by atoms with E-state index in [0.29, 0.717) is 0 Å². The van der Waals surface area contributed by atoms with Crippen LogP contribution in [0.5, 0.6) is 0 Å². The zero-order valence-corrected chi connectivity index (χ0v) is 8.22. The number of alkyl halides is 5. The molecule has 0 saturated carbocycles. The summed E-state index contributed by atoms with van der Waals surface area (Å²) in [5.74, 6) is 0. The molecule has 4 nitrogen and oxygen atoms in total. The molecule has 0 aliphatic carbocycles. The second kappa shape index (κ2) is 4.73. The number of nitrogens with one attached hydrogen (secondary N) is 1. The Balaban J connectivity index is 3.09. The Hall–Kier alpha value is -1.25. The van der Waals surface area contributed by atoms with Crippen LogP contribution in [0.4, 0.5) is 22.0 Å². The first-order valence-corrected chi connectivity index (χ1v) is 4.28. The highest BCUT2D eigenvalue weighted by atomic mass is 19.4. The first kappa shape index (κ1) is 12.8. The predicted octanol–water partition coefficient (Wildman–Crippen LogP) is 1.28. The summed E-state index contributed by atoms with van der Waals surface area (Å²) >= 11 is 0. The molecule has 0 atom stereocenters. The minimum Gasteiger partial charge on any atom is -0.314 e. The number of halogens is 5. The number of hydrogen-bond donors (Lipinski definition) is 1. The summed E-state index contributed by atoms with van der Waals surface area (Å²) in [6.07, 6.45) is -7.66. The molecule has 0 fully saturated rings. The van der Waals surface area contributed by atoms with Crippen molar-refractivity contribution in [1.29, 1.82) is 0 Å². The number of rotatable bonds is 4. The number of hydrogen-bond acceptors (Lipinski definition) is 3. The largest absolute Gasteiger partial charge is 0.434 e. The van der Waals surface area contributed by atoms with Gasteiger partial charge >= 0.3 is 6.18 Å². The van der Waals surface area contributed by atoms with E-state index >= 15 is 0 Å². The molecule has 1 N–H and O–H groups in total. The van der Waals surface area contributed by atoms with Crippen LogP contribution in [0.15, 0.2) is 0 Å². The minimum atomic E-state index is -4.75. The number of nitrogens with zero attached hydrogens (tertiary/aromatic N) is 3. The van der Waals surface area contributed by atoms with Crippen LogP contribution in [0.3, 0.4) is 0 Å². The van der Waals surface area contributed by atoms with Crippen molar-refractivity contribution in [3.63, 3.8) is 0 Å². The van der Waals surface area contributed by atoms with Gasteiger partial charge in [-0.15, -0.1) is 5.10 Å². The molecule has 0 bridgehead atoms. The SMILES string of the molecule is CNCc1nnn(CC(F)F)c1C(F)(F)F. The van der Waals surface area contributed by atoms with Gasteiger partial charge in [-0.1, -0.05) is 5.21 Å². The third-order valence-electron chi connectivity index (χ3n) is 1.73. The van der Waals surface area contributed by atoms with Crippen LogP contribution in [-0.4, -0.2) is 28.5 Å². The molecule has 1 aromatic rings. The molecular formula is C7H9F5N4. The lowest BCUT2D eigenvalue weighted by molar-refractivity contribution is -0.145. The molecule has 1 rings (SSSR count). The van der Waals surface area contributed by atoms with Crippen LogP contribution in [0.2, 0.25) is 0 Å². The normalized spacial score (nSPS) is 12.4. The van der Waals surface area contributed by atoms with Crippen molar-refractivity contribution in [2.45, 2.75) is 25.7 Å². The van der Waals surface area contributed by atoms with E-state index in [1.165, 1.54) is 7.05 Å². The fourth-order valence-electron chi connectivity index (χ4n) is 1.20. The van der Waals surface area contributed by atoms with E-state index < -0.39 is 30.5 Å². The van der Waals surface area contributed by atoms with E-state index in [-0.39, 0.29) is 11.2 Å². The summed E-state index contributed by atoms with van der Waals surface area (Å²) in [5.41, 5.74) is -1.63. The van der Waals surface area contributed by atoms with Crippen molar-refractivity contribution in [3.8, 4) is 0 Å². The van der Waals surface area contributed by atoms with Crippen molar-refractivity contribution in [2.24, 2.45) is 0 Å². The van der Waals surface area contributed by atoms with E-state index in [1.807, 2.05) is 0 Å². The average Bonchev–Trinajstić information content (AvgIpc) is 2.46. The molecule has 0 radical (unpaired) electrons. The van der Waals surface area contributed by atoms with Gasteiger partial charge < -0.3 is 5.32 Å². The second-order valence-electron chi connectivity index (χ2n) is 2.99. The topological polar surface area (TPSA) is 42.7 Å². The van der Waals surface area contributed by atoms with E-state index in [2.05, 4.69) is 15.6 Å². The first-order chi connectivity index (χ1) is 7.36. The van der Waals surface area contributed by atoms with E-state index in [4.69, 9.17) is 0 Å². The van der Waals surface area contributed by atoms with E-state index in [1.54, 1.807) is 0 Å². The van der Waals surface area contributed by atoms with Gasteiger partial charge in [0.05, 0.1) is 0 Å². The first-order valence-electron chi connectivity index (χ1n) is 4.28. The molecule has 0 amide bonds. The zero-order chi connectivity index (χ0) is 12.3. The smallest absolute Gasteiger partial charge is 0.314 e. The molecule has 1 aromatic heterocycles. The van der Waals surface area contributed by atoms with Gasteiger partial charge in [-0.25, -0.2) is 13.5 Å². The quantitative estimate of drug-likeness (QED) is 0.811. The van der Waals surface area contributed by atoms with Crippen LogP contribution in [0, 0.1) is 0 Å². The molecular weight excluding hydrogens is 235 g/mol. The lowest BCUT2D eigenvalue weighted by Crippen LogP contribution is -2.20. The van der Waals surface area contributed by atoms with Gasteiger partial charge in [-0.05, 0) is 7.05 Å². The lowest BCUT2D eigenvalue weighted by Gasteiger charge is -2.10. The van der Waals surface area contributed by atoms with E-state index in [9.17, 15) is 22.0 Å². The van der Waals surface area contributed by atoms with Gasteiger partial charge in [-0.2, -0.15) is 13.2 Å². The summed E-state index contributed by atoms with van der Waals surface area (Å²) in [6, 6.07) is 0. The van der Waals surface area contributed by atoms with Gasteiger partial charge in [-0.3, -0.25) is 0 Å². The molecule has 1 heterocycles. The Kier molecular flexibility index (Phi) is 3.79. The Labute approximate surface area is 87.4 Å². The molecule has 0 saturated heterocycles. The Bertz CT molecular complexity index is 345. The molecule has 9 heteroatoms. The van der Waals surface area contributed by atoms with Gasteiger partial charge in [0.15, 0.2) is 5.69 Å². The predicted molar refractivity (Wildman–Crippen MR) is 43.8 cm³/mol. The summed E-state index contributed by atoms with van der Waals surface area (Å²) in [7, 11) is 1.42. The Morgan fingerprint density at radius 1 is 1.38 bits per heavy atom. The molecule has 0 spiro atoms. The maximum absolute atomic E-state index is 12.5. The van der Waals surface area contributed by atoms with Crippen LogP contribution < -0.4 is 5.32 Å². The molecule has 16 heavy (non-hydrogen) atoms. The molecule has 0 aromatic carbocycles. The van der Waals surface area contributed by atoms with Crippen LogP contribution >= 0.6 is 0 Å². The third-order valence-corrected chi connectivity index (χ3v) is 1.73. The molecule has 92 valence electrons. The summed E-state index contributed by atoms with van der Waals surface area (Å²) in [4.78, 5) is 0. The maximum atomic E-state index is 12.5. The third kappa shape index (κ3) is 2.87. The second-order valence-corrected chi connectivity index (χ2v) is 2.99. The minimum absolute atomic E-state index is 0.178. The van der Waals surface area contributed by atoms with Crippen LogP contribution in [0.1, 0.15) is 11.4 Å². The van der Waals surface area contributed by atoms with Crippen molar-refractivity contribution in [3.05, 3.63) is 11.4 Å². The summed E-state index contributed by atoms with van der Waals surface area (Å²) < 4.78 is 61.8. The number of aromatic nitrogens is 3. The Morgan fingerprint density at radius 2 is 2.00 bits per heavy atom. The van der Waals surface area contributed by atoms with Gasteiger partial charge in [0.25, 0.3) is 6.43 Å². The van der Waals surface area contributed by atoms with Crippen molar-refractivity contribution in [2.75, 3.05) is 7.05 Å². The van der Waals surface area contributed by atoms with Gasteiger partial charge in [0.1, 0.15) is 12.2 Å². The van der Waals surface area contributed by atoms with Crippen molar-refractivity contribution < 1.29 is 22.0 Å². The lowest BCUT2D eigenvalue weighted by atomic mass is 10.3. The highest BCUT2D eigenvalue weighted by Gasteiger charge is 2.39. The van der Waals surface area contributed by atoms with Crippen molar-refractivity contribution >= 4 is 0 Å². The fourth-order valence-corrected chi connectivity index (χ4v) is 1.20. The molecule has 0 unspecified atom stereocenters. The highest BCUT2D eigenvalue weighted by Crippen LogP contribution is 2.31. The zero-order valence-electron chi connectivity index (χ0n) is 8.22. The van der Waals surface area contributed by atoms with E-state index in [0.717, 1.165) is 0 Å².